The summed E-state index contributed by atoms with van der Waals surface area (Å²) >= 11 is 0. The van der Waals surface area contributed by atoms with Crippen LogP contribution >= 0.6 is 0 Å². The standard InChI is InChI=1S/C18H18FNO4/c1-13(24-16-9-7-15(19)8-10-16)18(22)23-12-17(21)20-11-14-5-3-2-4-6-14/h2-10,13H,11-12H2,1H3,(H,20,21)/t13-/m1/s1. The van der Waals surface area contributed by atoms with Crippen molar-refractivity contribution in [3.05, 3.63) is 66.0 Å². The van der Waals surface area contributed by atoms with Gasteiger partial charge in [0.15, 0.2) is 12.7 Å². The zero-order valence-corrected chi connectivity index (χ0v) is 13.2. The van der Waals surface area contributed by atoms with Crippen molar-refractivity contribution in [2.24, 2.45) is 0 Å². The summed E-state index contributed by atoms with van der Waals surface area (Å²) in [6.45, 7) is 1.47. The number of benzene rings is 2. The molecule has 24 heavy (non-hydrogen) atoms. The summed E-state index contributed by atoms with van der Waals surface area (Å²) in [4.78, 5) is 23.5. The van der Waals surface area contributed by atoms with Crippen molar-refractivity contribution in [1.82, 2.24) is 5.32 Å². The molecule has 2 aromatic rings. The van der Waals surface area contributed by atoms with Crippen LogP contribution < -0.4 is 10.1 Å². The Morgan fingerprint density at radius 3 is 2.42 bits per heavy atom. The van der Waals surface area contributed by atoms with Gasteiger partial charge in [-0.2, -0.15) is 0 Å². The van der Waals surface area contributed by atoms with E-state index in [1.807, 2.05) is 30.3 Å². The lowest BCUT2D eigenvalue weighted by molar-refractivity contribution is -0.154. The minimum atomic E-state index is -0.905. The highest BCUT2D eigenvalue weighted by molar-refractivity contribution is 5.81. The topological polar surface area (TPSA) is 64.6 Å². The lowest BCUT2D eigenvalue weighted by Crippen LogP contribution is -2.32. The lowest BCUT2D eigenvalue weighted by atomic mass is 10.2. The largest absolute Gasteiger partial charge is 0.479 e. The van der Waals surface area contributed by atoms with E-state index in [4.69, 9.17) is 9.47 Å². The molecule has 0 spiro atoms. The Hall–Kier alpha value is -2.89. The molecule has 2 rings (SSSR count). The average Bonchev–Trinajstić information content (AvgIpc) is 2.60. The van der Waals surface area contributed by atoms with Crippen molar-refractivity contribution in [3.8, 4) is 5.75 Å². The number of carbonyl (C=O) groups excluding carboxylic acids is 2. The molecule has 1 N–H and O–H groups in total. The predicted molar refractivity (Wildman–Crippen MR) is 85.7 cm³/mol. The minimum absolute atomic E-state index is 0.342. The number of halogens is 1. The molecule has 0 saturated carbocycles. The molecule has 0 aliphatic heterocycles. The average molecular weight is 331 g/mol. The highest BCUT2D eigenvalue weighted by Crippen LogP contribution is 2.13. The van der Waals surface area contributed by atoms with Crippen LogP contribution in [0.5, 0.6) is 5.75 Å². The zero-order valence-electron chi connectivity index (χ0n) is 13.2. The normalized spacial score (nSPS) is 11.4. The molecule has 0 unspecified atom stereocenters. The van der Waals surface area contributed by atoms with Gasteiger partial charge in [0, 0.05) is 6.54 Å². The second-order valence-corrected chi connectivity index (χ2v) is 5.08. The lowest BCUT2D eigenvalue weighted by Gasteiger charge is -2.14. The summed E-state index contributed by atoms with van der Waals surface area (Å²) in [6, 6.07) is 14.7. The number of hydrogen-bond donors (Lipinski definition) is 1. The first-order valence-electron chi connectivity index (χ1n) is 7.44. The number of hydrogen-bond acceptors (Lipinski definition) is 4. The molecule has 0 fully saturated rings. The van der Waals surface area contributed by atoms with Gasteiger partial charge in [-0.15, -0.1) is 0 Å². The van der Waals surface area contributed by atoms with E-state index in [0.717, 1.165) is 5.56 Å². The first-order valence-corrected chi connectivity index (χ1v) is 7.44. The monoisotopic (exact) mass is 331 g/mol. The summed E-state index contributed by atoms with van der Waals surface area (Å²) in [5, 5.41) is 2.65. The molecule has 6 heteroatoms. The van der Waals surface area contributed by atoms with E-state index in [2.05, 4.69) is 5.32 Å². The van der Waals surface area contributed by atoms with Crippen LogP contribution in [-0.4, -0.2) is 24.6 Å². The van der Waals surface area contributed by atoms with Crippen LogP contribution in [0.2, 0.25) is 0 Å². The van der Waals surface area contributed by atoms with Crippen molar-refractivity contribution in [2.75, 3.05) is 6.61 Å². The third-order valence-electron chi connectivity index (χ3n) is 3.14. The minimum Gasteiger partial charge on any atom is -0.479 e. The Kier molecular flexibility index (Phi) is 6.31. The molecule has 5 nitrogen and oxygen atoms in total. The number of nitrogens with one attached hydrogen (secondary N) is 1. The van der Waals surface area contributed by atoms with Gasteiger partial charge >= 0.3 is 5.97 Å². The molecule has 0 aromatic heterocycles. The molecule has 0 bridgehead atoms. The molecule has 126 valence electrons. The summed E-state index contributed by atoms with van der Waals surface area (Å²) < 4.78 is 23.0. The molecule has 0 heterocycles. The Balaban J connectivity index is 1.71. The predicted octanol–water partition coefficient (Wildman–Crippen LogP) is 2.45. The first-order chi connectivity index (χ1) is 11.5. The van der Waals surface area contributed by atoms with Crippen LogP contribution in [0.1, 0.15) is 12.5 Å². The van der Waals surface area contributed by atoms with Crippen molar-refractivity contribution in [1.29, 1.82) is 0 Å². The maximum atomic E-state index is 12.8. The summed E-state index contributed by atoms with van der Waals surface area (Å²) in [5.41, 5.74) is 0.949. The van der Waals surface area contributed by atoms with Crippen LogP contribution in [0.3, 0.4) is 0 Å². The van der Waals surface area contributed by atoms with E-state index in [-0.39, 0.29) is 6.61 Å². The number of rotatable bonds is 7. The quantitative estimate of drug-likeness (QED) is 0.792. The van der Waals surface area contributed by atoms with Crippen LogP contribution in [-0.2, 0) is 20.9 Å². The maximum Gasteiger partial charge on any atom is 0.347 e. The first kappa shape index (κ1) is 17.5. The van der Waals surface area contributed by atoms with Crippen LogP contribution in [0, 0.1) is 5.82 Å². The van der Waals surface area contributed by atoms with E-state index >= 15 is 0 Å². The van der Waals surface area contributed by atoms with Gasteiger partial charge < -0.3 is 14.8 Å². The summed E-state index contributed by atoms with van der Waals surface area (Å²) in [7, 11) is 0. The van der Waals surface area contributed by atoms with Gasteiger partial charge in [0.25, 0.3) is 5.91 Å². The third kappa shape index (κ3) is 5.72. The summed E-state index contributed by atoms with van der Waals surface area (Å²) in [6.07, 6.45) is -0.905. The zero-order chi connectivity index (χ0) is 17.4. The molecule has 1 atom stereocenters. The van der Waals surface area contributed by atoms with E-state index in [0.29, 0.717) is 12.3 Å². The molecule has 0 saturated heterocycles. The third-order valence-corrected chi connectivity index (χ3v) is 3.14. The van der Waals surface area contributed by atoms with Crippen molar-refractivity contribution in [3.63, 3.8) is 0 Å². The molecule has 0 radical (unpaired) electrons. The van der Waals surface area contributed by atoms with Gasteiger partial charge in [0.1, 0.15) is 11.6 Å². The number of carbonyl (C=O) groups is 2. The van der Waals surface area contributed by atoms with Crippen molar-refractivity contribution < 1.29 is 23.5 Å². The highest BCUT2D eigenvalue weighted by Gasteiger charge is 2.17. The van der Waals surface area contributed by atoms with E-state index in [1.165, 1.54) is 31.2 Å². The maximum absolute atomic E-state index is 12.8. The van der Waals surface area contributed by atoms with Crippen molar-refractivity contribution >= 4 is 11.9 Å². The number of esters is 1. The van der Waals surface area contributed by atoms with Gasteiger partial charge in [-0.05, 0) is 36.8 Å². The van der Waals surface area contributed by atoms with Gasteiger partial charge in [-0.25, -0.2) is 9.18 Å². The van der Waals surface area contributed by atoms with Gasteiger partial charge in [-0.1, -0.05) is 30.3 Å². The molecule has 0 aliphatic rings. The fourth-order valence-corrected chi connectivity index (χ4v) is 1.87. The molecular formula is C18H18FNO4. The van der Waals surface area contributed by atoms with E-state index in [1.54, 1.807) is 0 Å². The second kappa shape index (κ2) is 8.67. The molecule has 1 amide bonds. The van der Waals surface area contributed by atoms with Gasteiger partial charge in [0.05, 0.1) is 0 Å². The smallest absolute Gasteiger partial charge is 0.347 e. The van der Waals surface area contributed by atoms with Gasteiger partial charge in [-0.3, -0.25) is 4.79 Å². The molecular weight excluding hydrogens is 313 g/mol. The van der Waals surface area contributed by atoms with Gasteiger partial charge in [0.2, 0.25) is 0 Å². The fourth-order valence-electron chi connectivity index (χ4n) is 1.87. The van der Waals surface area contributed by atoms with Crippen LogP contribution in [0.25, 0.3) is 0 Å². The second-order valence-electron chi connectivity index (χ2n) is 5.08. The van der Waals surface area contributed by atoms with Crippen molar-refractivity contribution in [2.45, 2.75) is 19.6 Å². The molecule has 0 aliphatic carbocycles. The van der Waals surface area contributed by atoms with E-state index < -0.39 is 23.8 Å². The number of ether oxygens (including phenoxy) is 2. The van der Waals surface area contributed by atoms with E-state index in [9.17, 15) is 14.0 Å². The summed E-state index contributed by atoms with van der Waals surface area (Å²) in [5.74, 6) is -1.13. The highest BCUT2D eigenvalue weighted by atomic mass is 19.1. The van der Waals surface area contributed by atoms with Crippen LogP contribution in [0.15, 0.2) is 54.6 Å². The Bertz CT molecular complexity index is 673. The Labute approximate surface area is 139 Å². The number of amides is 1. The molecule has 2 aromatic carbocycles. The fraction of sp³-hybridized carbons (Fsp3) is 0.222. The van der Waals surface area contributed by atoms with Crippen LogP contribution in [0.4, 0.5) is 4.39 Å². The Morgan fingerprint density at radius 1 is 1.08 bits per heavy atom. The Morgan fingerprint density at radius 2 is 1.75 bits per heavy atom. The SMILES string of the molecule is C[C@@H](Oc1ccc(F)cc1)C(=O)OCC(=O)NCc1ccccc1.